The molecular weight excluding hydrogens is 869 g/mol. The van der Waals surface area contributed by atoms with Gasteiger partial charge in [-0.05, 0) is 51.8 Å². The van der Waals surface area contributed by atoms with Crippen molar-refractivity contribution >= 4 is 47.1 Å². The first-order valence-corrected chi connectivity index (χ1v) is 19.9. The van der Waals surface area contributed by atoms with Gasteiger partial charge in [-0.15, -0.1) is 0 Å². The summed E-state index contributed by atoms with van der Waals surface area (Å²) >= 11 is 6.72. The molecule has 0 spiro atoms. The number of nitrogens with one attached hydrogen (secondary N) is 1. The number of likely N-dealkylation sites (N-methyl/N-ethyl adjacent to an activating group) is 1. The molecular formula is C42H47ClF5N3O12. The van der Waals surface area contributed by atoms with Gasteiger partial charge in [-0.1, -0.05) is 35.4 Å². The molecule has 21 heteroatoms. The van der Waals surface area contributed by atoms with Crippen molar-refractivity contribution in [2.75, 3.05) is 33.2 Å². The number of esters is 2. The monoisotopic (exact) mass is 915 g/mol. The molecule has 2 fully saturated rings. The van der Waals surface area contributed by atoms with E-state index in [0.29, 0.717) is 6.42 Å². The van der Waals surface area contributed by atoms with Crippen LogP contribution < -0.4 is 19.7 Å². The lowest BCUT2D eigenvalue weighted by molar-refractivity contribution is -0.162. The summed E-state index contributed by atoms with van der Waals surface area (Å²) in [7, 11) is 5.46. The summed E-state index contributed by atoms with van der Waals surface area (Å²) in [5, 5.41) is 14.9. The maximum absolute atomic E-state index is 14.2. The Labute approximate surface area is 364 Å². The van der Waals surface area contributed by atoms with Crippen LogP contribution in [-0.4, -0.2) is 116 Å². The summed E-state index contributed by atoms with van der Waals surface area (Å²) in [6.45, 7) is 5.97. The number of fused-ring (bicyclic) bond motifs is 5. The highest BCUT2D eigenvalue weighted by molar-refractivity contribution is 6.35. The van der Waals surface area contributed by atoms with E-state index >= 15 is 0 Å². The lowest BCUT2D eigenvalue weighted by atomic mass is 9.81. The van der Waals surface area contributed by atoms with Crippen LogP contribution in [0.1, 0.15) is 58.9 Å². The molecule has 2 N–H and O–H groups in total. The van der Waals surface area contributed by atoms with Gasteiger partial charge in [-0.2, -0.15) is 8.78 Å². The van der Waals surface area contributed by atoms with Crippen LogP contribution in [0.4, 0.5) is 32.4 Å². The topological polar surface area (TPSA) is 183 Å². The molecule has 3 aliphatic heterocycles. The number of rotatable bonds is 9. The normalized spacial score (nSPS) is 28.0. The maximum Gasteiger partial charge on any atom is 0.407 e. The molecule has 0 aromatic heterocycles. The second kappa shape index (κ2) is 19.2. The van der Waals surface area contributed by atoms with Gasteiger partial charge in [0, 0.05) is 34.0 Å². The second-order valence-electron chi connectivity index (χ2n) is 15.8. The molecule has 2 aromatic carbocycles. The Hall–Kier alpha value is -5.31. The standard InChI is InChI=1S/C42H47ClF5N3O12/c1-19-10-9-11-24(58-7)22-17-26(61-40(56)49-22)41(3,57)39-42(4,63-39)27(18-29(53)51(6)23-15-21(14-19)16-25(59-8)31(23)43)60-38(55)20(2)50(5)28(52)12-13-30(54)62-37-35(47)33(45)32(44)34(46)36(37)48/h9-11,15-16,20,22,24,26-27,39,57H,12-14,17-18H2,1-8H3,(H,49,56)/b11-9-,19-10-/t20-,22-,24+,26-,27-,39?,41+,42+/m0/s1. The summed E-state index contributed by atoms with van der Waals surface area (Å²) < 4.78 is 102. The lowest BCUT2D eigenvalue weighted by Crippen LogP contribution is -2.60. The number of hydrogen-bond acceptors (Lipinski definition) is 12. The highest BCUT2D eigenvalue weighted by atomic mass is 35.5. The summed E-state index contributed by atoms with van der Waals surface area (Å²) in [5.74, 6) is -17.7. The number of benzene rings is 2. The molecule has 8 atom stereocenters. The summed E-state index contributed by atoms with van der Waals surface area (Å²) in [6, 6.07) is 1.29. The second-order valence-corrected chi connectivity index (χ2v) is 16.2. The van der Waals surface area contributed by atoms with E-state index in [1.807, 2.05) is 13.0 Å². The number of ether oxygens (including phenoxy) is 6. The zero-order valence-corrected chi connectivity index (χ0v) is 36.2. The number of carbonyl (C=O) groups is 5. The van der Waals surface area contributed by atoms with Crippen molar-refractivity contribution in [1.29, 1.82) is 0 Å². The van der Waals surface area contributed by atoms with Crippen LogP contribution in [-0.2, 0) is 44.5 Å². The average Bonchev–Trinajstić information content (AvgIpc) is 3.96. The Balaban J connectivity index is 1.42. The molecule has 63 heavy (non-hydrogen) atoms. The largest absolute Gasteiger partial charge is 0.495 e. The van der Waals surface area contributed by atoms with Gasteiger partial charge in [0.2, 0.25) is 46.6 Å². The molecule has 1 unspecified atom stereocenters. The molecule has 3 amide bonds. The third-order valence-corrected chi connectivity index (χ3v) is 11.8. The number of nitrogens with zero attached hydrogens (tertiary/aromatic N) is 2. The molecule has 0 aliphatic carbocycles. The number of amides is 3. The Kier molecular flexibility index (Phi) is 14.8. The first-order valence-electron chi connectivity index (χ1n) is 19.5. The Bertz CT molecular complexity index is 2200. The van der Waals surface area contributed by atoms with Crippen LogP contribution >= 0.6 is 11.6 Å². The minimum absolute atomic E-state index is 0.0372. The molecule has 0 saturated carbocycles. The van der Waals surface area contributed by atoms with Gasteiger partial charge < -0.3 is 48.6 Å². The van der Waals surface area contributed by atoms with E-state index < -0.39 is 132 Å². The van der Waals surface area contributed by atoms with Crippen molar-refractivity contribution in [2.24, 2.45) is 0 Å². The zero-order chi connectivity index (χ0) is 46.9. The zero-order valence-electron chi connectivity index (χ0n) is 35.5. The van der Waals surface area contributed by atoms with Gasteiger partial charge in [-0.25, -0.2) is 22.8 Å². The number of alkyl carbamates (subject to hydrolysis) is 1. The number of aliphatic hydroxyl groups is 1. The molecule has 2 aromatic rings. The number of methoxy groups -OCH3 is 2. The fourth-order valence-corrected chi connectivity index (χ4v) is 7.72. The van der Waals surface area contributed by atoms with E-state index in [-0.39, 0.29) is 22.9 Å². The average molecular weight is 916 g/mol. The number of anilines is 1. The van der Waals surface area contributed by atoms with Gasteiger partial charge in [0.25, 0.3) is 0 Å². The fourth-order valence-electron chi connectivity index (χ4n) is 7.41. The lowest BCUT2D eigenvalue weighted by Gasteiger charge is -2.40. The van der Waals surface area contributed by atoms with Gasteiger partial charge in [0.15, 0.2) is 0 Å². The van der Waals surface area contributed by atoms with Crippen LogP contribution in [0.2, 0.25) is 5.02 Å². The van der Waals surface area contributed by atoms with Crippen molar-refractivity contribution in [1.82, 2.24) is 10.2 Å². The van der Waals surface area contributed by atoms with E-state index in [9.17, 15) is 51.0 Å². The molecule has 0 radical (unpaired) electrons. The van der Waals surface area contributed by atoms with E-state index in [2.05, 4.69) is 10.1 Å². The van der Waals surface area contributed by atoms with Crippen LogP contribution in [0, 0.1) is 29.1 Å². The molecule has 4 bridgehead atoms. The van der Waals surface area contributed by atoms with Crippen LogP contribution in [0.5, 0.6) is 11.5 Å². The number of halogens is 6. The highest BCUT2D eigenvalue weighted by Gasteiger charge is 2.69. The highest BCUT2D eigenvalue weighted by Crippen LogP contribution is 2.50. The van der Waals surface area contributed by atoms with Crippen LogP contribution in [0.3, 0.4) is 0 Å². The first-order chi connectivity index (χ1) is 29.5. The van der Waals surface area contributed by atoms with Crippen LogP contribution in [0.15, 0.2) is 35.9 Å². The molecule has 3 heterocycles. The number of hydrogen-bond donors (Lipinski definition) is 2. The summed E-state index contributed by atoms with van der Waals surface area (Å²) in [5.41, 5.74) is -1.72. The van der Waals surface area contributed by atoms with Crippen molar-refractivity contribution in [3.8, 4) is 11.5 Å². The van der Waals surface area contributed by atoms with Crippen LogP contribution in [0.25, 0.3) is 0 Å². The van der Waals surface area contributed by atoms with Crippen molar-refractivity contribution < 1.29 is 79.5 Å². The van der Waals surface area contributed by atoms with E-state index in [1.54, 1.807) is 24.3 Å². The summed E-state index contributed by atoms with van der Waals surface area (Å²) in [6.07, 6.45) is -1.87. The SMILES string of the molecule is COc1cc2cc(c1Cl)N(C)C(=O)C[C@H](OC(=O)[C@H](C)N(C)C(=O)CCC(=O)Oc1c(F)c(F)c(F)c(F)c1F)[C@@]1(C)OC1[C@](C)(O)[C@@H]1C[C@H](NC(=O)O1)[C@H](OC)/C=C\C=C(\C)C2. The number of carbonyl (C=O) groups excluding carboxylic acids is 5. The summed E-state index contributed by atoms with van der Waals surface area (Å²) in [4.78, 5) is 68.5. The molecule has 15 nitrogen and oxygen atoms in total. The quantitative estimate of drug-likeness (QED) is 0.0819. The van der Waals surface area contributed by atoms with E-state index in [1.165, 1.54) is 46.9 Å². The molecule has 344 valence electrons. The third kappa shape index (κ3) is 10.2. The maximum atomic E-state index is 14.2. The predicted octanol–water partition coefficient (Wildman–Crippen LogP) is 5.39. The smallest absolute Gasteiger partial charge is 0.407 e. The van der Waals surface area contributed by atoms with Gasteiger partial charge >= 0.3 is 18.0 Å². The fraction of sp³-hybridized carbons (Fsp3) is 0.500. The Morgan fingerprint density at radius 3 is 2.30 bits per heavy atom. The molecule has 5 rings (SSSR count). The Morgan fingerprint density at radius 2 is 1.68 bits per heavy atom. The van der Waals surface area contributed by atoms with E-state index in [0.717, 1.165) is 23.1 Å². The number of epoxide rings is 1. The Morgan fingerprint density at radius 1 is 1.05 bits per heavy atom. The number of allylic oxidation sites excluding steroid dienone is 3. The van der Waals surface area contributed by atoms with Gasteiger partial charge in [0.1, 0.15) is 46.3 Å². The predicted molar refractivity (Wildman–Crippen MR) is 212 cm³/mol. The minimum Gasteiger partial charge on any atom is -0.495 e. The minimum atomic E-state index is -2.47. The van der Waals surface area contributed by atoms with E-state index in [4.69, 9.17) is 35.3 Å². The molecule has 2 saturated heterocycles. The third-order valence-electron chi connectivity index (χ3n) is 11.4. The van der Waals surface area contributed by atoms with Gasteiger partial charge in [-0.3, -0.25) is 14.4 Å². The van der Waals surface area contributed by atoms with Crippen molar-refractivity contribution in [3.63, 3.8) is 0 Å². The van der Waals surface area contributed by atoms with Gasteiger partial charge in [0.05, 0.1) is 37.8 Å². The van der Waals surface area contributed by atoms with Crippen molar-refractivity contribution in [3.05, 3.63) is 75.6 Å². The van der Waals surface area contributed by atoms with Crippen molar-refractivity contribution in [2.45, 2.75) is 108 Å². The molecule has 3 aliphatic rings. The first kappa shape index (κ1) is 48.7.